The minimum Gasteiger partial charge on any atom is -0.355 e. The molecule has 0 aliphatic carbocycles. The van der Waals surface area contributed by atoms with Gasteiger partial charge in [-0.2, -0.15) is 4.98 Å². The number of aromatic nitrogens is 4. The van der Waals surface area contributed by atoms with Crippen LogP contribution < -0.4 is 4.90 Å². The summed E-state index contributed by atoms with van der Waals surface area (Å²) < 4.78 is 5.22. The highest BCUT2D eigenvalue weighted by Crippen LogP contribution is 2.30. The van der Waals surface area contributed by atoms with E-state index in [9.17, 15) is 4.79 Å². The Bertz CT molecular complexity index is 877. The van der Waals surface area contributed by atoms with Crippen LogP contribution >= 0.6 is 0 Å². The van der Waals surface area contributed by atoms with E-state index in [0.717, 1.165) is 36.3 Å². The number of hydrogen-bond donors (Lipinski definition) is 0. The second-order valence-corrected chi connectivity index (χ2v) is 6.01. The van der Waals surface area contributed by atoms with Gasteiger partial charge in [0.05, 0.1) is 5.69 Å². The van der Waals surface area contributed by atoms with Crippen molar-refractivity contribution in [3.8, 4) is 0 Å². The zero-order chi connectivity index (χ0) is 16.5. The van der Waals surface area contributed by atoms with Crippen LogP contribution in [0, 0.1) is 12.8 Å². The molecule has 1 saturated heterocycles. The summed E-state index contributed by atoms with van der Waals surface area (Å²) in [7, 11) is 0. The summed E-state index contributed by atoms with van der Waals surface area (Å²) >= 11 is 0. The van der Waals surface area contributed by atoms with Gasteiger partial charge in [0.1, 0.15) is 23.2 Å². The number of anilines is 1. The van der Waals surface area contributed by atoms with Crippen LogP contribution in [0.5, 0.6) is 0 Å². The number of nitrogens with zero attached hydrogens (tertiary/aromatic N) is 5. The fourth-order valence-electron chi connectivity index (χ4n) is 3.24. The quantitative estimate of drug-likeness (QED) is 0.684. The van der Waals surface area contributed by atoms with Crippen molar-refractivity contribution in [2.24, 2.45) is 5.92 Å². The van der Waals surface area contributed by atoms with Gasteiger partial charge in [-0.05, 0) is 31.9 Å². The van der Waals surface area contributed by atoms with E-state index in [1.165, 1.54) is 6.33 Å². The predicted molar refractivity (Wildman–Crippen MR) is 87.8 cm³/mol. The number of pyridine rings is 1. The van der Waals surface area contributed by atoms with Crippen molar-refractivity contribution in [1.29, 1.82) is 0 Å². The molecule has 0 aromatic carbocycles. The summed E-state index contributed by atoms with van der Waals surface area (Å²) in [4.78, 5) is 27.6. The minimum atomic E-state index is -0.0844. The Balaban J connectivity index is 1.63. The van der Waals surface area contributed by atoms with Gasteiger partial charge in [0, 0.05) is 25.2 Å². The standard InChI is InChI=1S/C17H17N5O2/c1-11-14-16(19-10-20-17(14)24-21-11)22-8-4-5-12(9-22)15(23)13-6-2-3-7-18-13/h2-3,6-7,10,12H,4-5,8-9H2,1H3/t12-/m0/s1. The fourth-order valence-corrected chi connectivity index (χ4v) is 3.24. The van der Waals surface area contributed by atoms with Gasteiger partial charge in [0.15, 0.2) is 5.78 Å². The Morgan fingerprint density at radius 2 is 2.21 bits per heavy atom. The largest absolute Gasteiger partial charge is 0.355 e. The van der Waals surface area contributed by atoms with Crippen molar-refractivity contribution in [2.45, 2.75) is 19.8 Å². The van der Waals surface area contributed by atoms with Gasteiger partial charge in [0.2, 0.25) is 0 Å². The van der Waals surface area contributed by atoms with Crippen molar-refractivity contribution >= 4 is 22.7 Å². The number of piperidine rings is 1. The predicted octanol–water partition coefficient (Wildman–Crippen LogP) is 2.42. The third-order valence-corrected chi connectivity index (χ3v) is 4.43. The first kappa shape index (κ1) is 14.7. The first-order valence-corrected chi connectivity index (χ1v) is 8.01. The van der Waals surface area contributed by atoms with Crippen molar-refractivity contribution in [3.05, 3.63) is 42.1 Å². The summed E-state index contributed by atoms with van der Waals surface area (Å²) in [5, 5.41) is 4.79. The molecule has 1 atom stereocenters. The molecule has 0 unspecified atom stereocenters. The van der Waals surface area contributed by atoms with E-state index in [4.69, 9.17) is 4.52 Å². The second-order valence-electron chi connectivity index (χ2n) is 6.01. The first-order chi connectivity index (χ1) is 11.7. The van der Waals surface area contributed by atoms with Gasteiger partial charge in [0.25, 0.3) is 5.71 Å². The lowest BCUT2D eigenvalue weighted by Crippen LogP contribution is -2.39. The molecule has 3 aromatic rings. The molecule has 7 heteroatoms. The van der Waals surface area contributed by atoms with Crippen LogP contribution in [-0.4, -0.2) is 39.0 Å². The maximum atomic E-state index is 12.7. The van der Waals surface area contributed by atoms with Gasteiger partial charge in [-0.15, -0.1) is 0 Å². The third-order valence-electron chi connectivity index (χ3n) is 4.43. The zero-order valence-corrected chi connectivity index (χ0v) is 13.3. The third kappa shape index (κ3) is 2.51. The minimum absolute atomic E-state index is 0.0844. The summed E-state index contributed by atoms with van der Waals surface area (Å²) in [5.41, 5.74) is 1.77. The summed E-state index contributed by atoms with van der Waals surface area (Å²) in [6, 6.07) is 5.43. The van der Waals surface area contributed by atoms with E-state index in [2.05, 4.69) is 25.0 Å². The van der Waals surface area contributed by atoms with Crippen LogP contribution in [0.3, 0.4) is 0 Å². The molecule has 1 fully saturated rings. The average Bonchev–Trinajstić information content (AvgIpc) is 3.03. The number of aryl methyl sites for hydroxylation is 1. The molecule has 122 valence electrons. The SMILES string of the molecule is Cc1noc2ncnc(N3CCC[C@H](C(=O)c4ccccn4)C3)c12. The first-order valence-electron chi connectivity index (χ1n) is 8.01. The zero-order valence-electron chi connectivity index (χ0n) is 13.3. The second kappa shape index (κ2) is 5.99. The average molecular weight is 323 g/mol. The van der Waals surface area contributed by atoms with E-state index in [0.29, 0.717) is 18.0 Å². The van der Waals surface area contributed by atoms with Crippen molar-refractivity contribution in [1.82, 2.24) is 20.1 Å². The van der Waals surface area contributed by atoms with Gasteiger partial charge in [-0.3, -0.25) is 9.78 Å². The highest BCUT2D eigenvalue weighted by Gasteiger charge is 2.29. The summed E-state index contributed by atoms with van der Waals surface area (Å²) in [6.07, 6.45) is 4.93. The maximum Gasteiger partial charge on any atom is 0.263 e. The van der Waals surface area contributed by atoms with E-state index in [1.54, 1.807) is 12.3 Å². The maximum absolute atomic E-state index is 12.7. The molecule has 3 aromatic heterocycles. The Hall–Kier alpha value is -2.83. The molecule has 24 heavy (non-hydrogen) atoms. The van der Waals surface area contributed by atoms with Crippen molar-refractivity contribution in [2.75, 3.05) is 18.0 Å². The molecule has 1 aliphatic rings. The van der Waals surface area contributed by atoms with Crippen molar-refractivity contribution in [3.63, 3.8) is 0 Å². The Morgan fingerprint density at radius 3 is 3.04 bits per heavy atom. The van der Waals surface area contributed by atoms with Crippen molar-refractivity contribution < 1.29 is 9.32 Å². The highest BCUT2D eigenvalue weighted by molar-refractivity contribution is 5.97. The fraction of sp³-hybridized carbons (Fsp3) is 0.353. The number of ketones is 1. The van der Waals surface area contributed by atoms with E-state index < -0.39 is 0 Å². The van der Waals surface area contributed by atoms with Gasteiger partial charge >= 0.3 is 0 Å². The normalized spacial score (nSPS) is 18.0. The van der Waals surface area contributed by atoms with Gasteiger partial charge in [-0.25, -0.2) is 4.98 Å². The van der Waals surface area contributed by atoms with Crippen LogP contribution in [0.4, 0.5) is 5.82 Å². The number of carbonyl (C=O) groups is 1. The Morgan fingerprint density at radius 1 is 1.29 bits per heavy atom. The number of hydrogen-bond acceptors (Lipinski definition) is 7. The lowest BCUT2D eigenvalue weighted by atomic mass is 9.92. The smallest absolute Gasteiger partial charge is 0.263 e. The lowest BCUT2D eigenvalue weighted by molar-refractivity contribution is 0.0902. The van der Waals surface area contributed by atoms with Crippen LogP contribution in [0.1, 0.15) is 29.0 Å². The molecule has 0 spiro atoms. The van der Waals surface area contributed by atoms with Crippen LogP contribution in [0.25, 0.3) is 11.1 Å². The molecule has 0 bridgehead atoms. The number of carbonyl (C=O) groups excluding carboxylic acids is 1. The molecule has 0 saturated carbocycles. The monoisotopic (exact) mass is 323 g/mol. The van der Waals surface area contributed by atoms with Gasteiger partial charge < -0.3 is 9.42 Å². The topological polar surface area (TPSA) is 85.0 Å². The highest BCUT2D eigenvalue weighted by atomic mass is 16.5. The van der Waals surface area contributed by atoms with E-state index in [-0.39, 0.29) is 11.7 Å². The number of fused-ring (bicyclic) bond motifs is 1. The molecule has 0 amide bonds. The molecule has 0 radical (unpaired) electrons. The van der Waals surface area contributed by atoms with Gasteiger partial charge in [-0.1, -0.05) is 11.2 Å². The van der Waals surface area contributed by atoms with E-state index >= 15 is 0 Å². The number of Topliss-reactive ketones (excluding diaryl/α,β-unsaturated/α-hetero) is 1. The summed E-state index contributed by atoms with van der Waals surface area (Å²) in [5.74, 6) is 0.795. The molecular formula is C17H17N5O2. The summed E-state index contributed by atoms with van der Waals surface area (Å²) in [6.45, 7) is 3.34. The van der Waals surface area contributed by atoms with E-state index in [1.807, 2.05) is 19.1 Å². The molecule has 1 aliphatic heterocycles. The number of rotatable bonds is 3. The molecule has 4 rings (SSSR count). The molecule has 7 nitrogen and oxygen atoms in total. The Labute approximate surface area is 138 Å². The molecule has 4 heterocycles. The molecule has 0 N–H and O–H groups in total. The lowest BCUT2D eigenvalue weighted by Gasteiger charge is -2.32. The van der Waals surface area contributed by atoms with Crippen LogP contribution in [0.15, 0.2) is 35.2 Å². The Kier molecular flexibility index (Phi) is 3.68. The van der Waals surface area contributed by atoms with Crippen LogP contribution in [-0.2, 0) is 0 Å². The van der Waals surface area contributed by atoms with Crippen LogP contribution in [0.2, 0.25) is 0 Å². The molecular weight excluding hydrogens is 306 g/mol.